The molecule has 0 amide bonds. The first-order valence-electron chi connectivity index (χ1n) is 8.12. The Balaban J connectivity index is 1.63. The molecular weight excluding hydrogens is 248 g/mol. The van der Waals surface area contributed by atoms with E-state index in [-0.39, 0.29) is 0 Å². The molecule has 4 nitrogen and oxygen atoms in total. The number of aliphatic imine (C=N–C) groups is 1. The van der Waals surface area contributed by atoms with Gasteiger partial charge in [0.15, 0.2) is 5.96 Å². The van der Waals surface area contributed by atoms with Crippen molar-refractivity contribution in [3.05, 3.63) is 11.6 Å². The van der Waals surface area contributed by atoms with Crippen molar-refractivity contribution in [2.75, 3.05) is 33.7 Å². The zero-order valence-corrected chi connectivity index (χ0v) is 13.1. The molecule has 2 rings (SSSR count). The molecule has 2 N–H and O–H groups in total. The molecule has 1 atom stereocenters. The van der Waals surface area contributed by atoms with Crippen LogP contribution in [0.3, 0.4) is 0 Å². The summed E-state index contributed by atoms with van der Waals surface area (Å²) in [7, 11) is 4.07. The predicted molar refractivity (Wildman–Crippen MR) is 86.2 cm³/mol. The summed E-state index contributed by atoms with van der Waals surface area (Å²) < 4.78 is 0. The maximum atomic E-state index is 4.31. The minimum Gasteiger partial charge on any atom is -0.356 e. The minimum absolute atomic E-state index is 0.662. The first-order valence-corrected chi connectivity index (χ1v) is 8.12. The van der Waals surface area contributed by atoms with E-state index in [4.69, 9.17) is 0 Å². The van der Waals surface area contributed by atoms with Gasteiger partial charge in [0.25, 0.3) is 0 Å². The zero-order valence-electron chi connectivity index (χ0n) is 13.1. The quantitative estimate of drug-likeness (QED) is 0.460. The Bertz CT molecular complexity index is 348. The van der Waals surface area contributed by atoms with Crippen LogP contribution in [0.5, 0.6) is 0 Å². The summed E-state index contributed by atoms with van der Waals surface area (Å²) in [6, 6.07) is 0.662. The molecule has 0 saturated carbocycles. The predicted octanol–water partition coefficient (Wildman–Crippen LogP) is 2.14. The van der Waals surface area contributed by atoms with Gasteiger partial charge in [-0.15, -0.1) is 0 Å². The molecular formula is C16H30N4. The molecule has 1 aliphatic carbocycles. The van der Waals surface area contributed by atoms with E-state index in [1.165, 1.54) is 45.1 Å². The van der Waals surface area contributed by atoms with Crippen molar-refractivity contribution in [3.8, 4) is 0 Å². The summed E-state index contributed by atoms with van der Waals surface area (Å²) in [6.07, 6.45) is 11.5. The molecule has 1 heterocycles. The fourth-order valence-electron chi connectivity index (χ4n) is 3.15. The van der Waals surface area contributed by atoms with Crippen LogP contribution in [-0.2, 0) is 0 Å². The molecule has 114 valence electrons. The second-order valence-electron chi connectivity index (χ2n) is 6.01. The average molecular weight is 278 g/mol. The molecule has 0 radical (unpaired) electrons. The van der Waals surface area contributed by atoms with Crippen molar-refractivity contribution in [2.45, 2.75) is 51.0 Å². The fourth-order valence-corrected chi connectivity index (χ4v) is 3.15. The van der Waals surface area contributed by atoms with Crippen molar-refractivity contribution in [1.29, 1.82) is 0 Å². The maximum absolute atomic E-state index is 4.31. The number of hydrogen-bond donors (Lipinski definition) is 2. The number of likely N-dealkylation sites (tertiary alicyclic amines) is 1. The Kier molecular flexibility index (Phi) is 6.37. The van der Waals surface area contributed by atoms with Crippen LogP contribution < -0.4 is 10.6 Å². The third-order valence-electron chi connectivity index (χ3n) is 4.52. The highest BCUT2D eigenvalue weighted by Gasteiger charge is 2.20. The van der Waals surface area contributed by atoms with E-state index >= 15 is 0 Å². The van der Waals surface area contributed by atoms with E-state index in [1.54, 1.807) is 5.57 Å². The van der Waals surface area contributed by atoms with Gasteiger partial charge in [-0.25, -0.2) is 0 Å². The molecule has 2 aliphatic rings. The van der Waals surface area contributed by atoms with Crippen molar-refractivity contribution in [2.24, 2.45) is 4.99 Å². The number of guanidine groups is 1. The Morgan fingerprint density at radius 3 is 2.90 bits per heavy atom. The third kappa shape index (κ3) is 4.82. The maximum Gasteiger partial charge on any atom is 0.191 e. The van der Waals surface area contributed by atoms with E-state index in [1.807, 2.05) is 7.05 Å². The van der Waals surface area contributed by atoms with Crippen LogP contribution in [0, 0.1) is 0 Å². The SMILES string of the molecule is CN=C(NCCC1=CCCCC1)NCC1CCCN1C. The first kappa shape index (κ1) is 15.4. The number of likely N-dealkylation sites (N-methyl/N-ethyl adjacent to an activating group) is 1. The molecule has 1 fully saturated rings. The summed E-state index contributed by atoms with van der Waals surface area (Å²) in [6.45, 7) is 3.22. The molecule has 0 aromatic carbocycles. The summed E-state index contributed by atoms with van der Waals surface area (Å²) in [5, 5.41) is 6.89. The van der Waals surface area contributed by atoms with Gasteiger partial charge in [-0.2, -0.15) is 0 Å². The summed E-state index contributed by atoms with van der Waals surface area (Å²) in [5.41, 5.74) is 1.62. The van der Waals surface area contributed by atoms with Crippen molar-refractivity contribution >= 4 is 5.96 Å². The second kappa shape index (κ2) is 8.30. The van der Waals surface area contributed by atoms with Crippen LogP contribution >= 0.6 is 0 Å². The number of nitrogens with zero attached hydrogens (tertiary/aromatic N) is 2. The van der Waals surface area contributed by atoms with Gasteiger partial charge in [-0.05, 0) is 58.5 Å². The zero-order chi connectivity index (χ0) is 14.2. The molecule has 1 aliphatic heterocycles. The van der Waals surface area contributed by atoms with Gasteiger partial charge in [0.2, 0.25) is 0 Å². The molecule has 4 heteroatoms. The van der Waals surface area contributed by atoms with Gasteiger partial charge in [0.1, 0.15) is 0 Å². The van der Waals surface area contributed by atoms with Gasteiger partial charge in [-0.3, -0.25) is 4.99 Å². The fraction of sp³-hybridized carbons (Fsp3) is 0.812. The van der Waals surface area contributed by atoms with Crippen LogP contribution in [-0.4, -0.2) is 50.6 Å². The number of hydrogen-bond acceptors (Lipinski definition) is 2. The van der Waals surface area contributed by atoms with E-state index in [9.17, 15) is 0 Å². The summed E-state index contributed by atoms with van der Waals surface area (Å²) in [5.74, 6) is 0.946. The van der Waals surface area contributed by atoms with Crippen LogP contribution in [0.4, 0.5) is 0 Å². The Labute approximate surface area is 123 Å². The van der Waals surface area contributed by atoms with Crippen molar-refractivity contribution in [1.82, 2.24) is 15.5 Å². The van der Waals surface area contributed by atoms with Gasteiger partial charge in [0, 0.05) is 26.2 Å². The minimum atomic E-state index is 0.662. The van der Waals surface area contributed by atoms with Crippen LogP contribution in [0.15, 0.2) is 16.6 Å². The van der Waals surface area contributed by atoms with Gasteiger partial charge < -0.3 is 15.5 Å². The summed E-state index contributed by atoms with van der Waals surface area (Å²) >= 11 is 0. The van der Waals surface area contributed by atoms with E-state index in [0.29, 0.717) is 6.04 Å². The van der Waals surface area contributed by atoms with Crippen LogP contribution in [0.25, 0.3) is 0 Å². The topological polar surface area (TPSA) is 39.7 Å². The third-order valence-corrected chi connectivity index (χ3v) is 4.52. The van der Waals surface area contributed by atoms with E-state index in [2.05, 4.69) is 33.6 Å². The molecule has 20 heavy (non-hydrogen) atoms. The molecule has 1 unspecified atom stereocenters. The molecule has 0 spiro atoms. The Hall–Kier alpha value is -1.03. The molecule has 0 aromatic rings. The number of rotatable bonds is 5. The largest absolute Gasteiger partial charge is 0.356 e. The Morgan fingerprint density at radius 1 is 1.35 bits per heavy atom. The lowest BCUT2D eigenvalue weighted by Crippen LogP contribution is -2.44. The van der Waals surface area contributed by atoms with Gasteiger partial charge >= 0.3 is 0 Å². The van der Waals surface area contributed by atoms with Crippen molar-refractivity contribution in [3.63, 3.8) is 0 Å². The normalized spacial score (nSPS) is 24.6. The van der Waals surface area contributed by atoms with Crippen LogP contribution in [0.1, 0.15) is 44.9 Å². The molecule has 0 bridgehead atoms. The highest BCUT2D eigenvalue weighted by molar-refractivity contribution is 5.79. The highest BCUT2D eigenvalue weighted by Crippen LogP contribution is 2.19. The van der Waals surface area contributed by atoms with Gasteiger partial charge in [0.05, 0.1) is 0 Å². The average Bonchev–Trinajstić information content (AvgIpc) is 2.89. The lowest BCUT2D eigenvalue weighted by Gasteiger charge is -2.21. The first-order chi connectivity index (χ1) is 9.79. The lowest BCUT2D eigenvalue weighted by atomic mass is 9.97. The second-order valence-corrected chi connectivity index (χ2v) is 6.01. The number of allylic oxidation sites excluding steroid dienone is 1. The van der Waals surface area contributed by atoms with E-state index in [0.717, 1.165) is 25.5 Å². The molecule has 0 aromatic heterocycles. The van der Waals surface area contributed by atoms with Crippen LogP contribution in [0.2, 0.25) is 0 Å². The highest BCUT2D eigenvalue weighted by atomic mass is 15.2. The van der Waals surface area contributed by atoms with Gasteiger partial charge in [-0.1, -0.05) is 11.6 Å². The Morgan fingerprint density at radius 2 is 2.25 bits per heavy atom. The smallest absolute Gasteiger partial charge is 0.191 e. The standard InChI is InChI=1S/C16H30N4/c1-17-16(19-13-15-9-6-12-20(15)2)18-11-10-14-7-4-3-5-8-14/h7,15H,3-6,8-13H2,1-2H3,(H2,17,18,19). The molecule has 1 saturated heterocycles. The number of nitrogens with one attached hydrogen (secondary N) is 2. The van der Waals surface area contributed by atoms with Crippen molar-refractivity contribution < 1.29 is 0 Å². The summed E-state index contributed by atoms with van der Waals surface area (Å²) in [4.78, 5) is 6.75. The lowest BCUT2D eigenvalue weighted by molar-refractivity contribution is 0.309. The van der Waals surface area contributed by atoms with E-state index < -0.39 is 0 Å². The monoisotopic (exact) mass is 278 g/mol.